The molecule has 10 nitrogen and oxygen atoms in total. The number of fused-ring (bicyclic) bond motifs is 1. The summed E-state index contributed by atoms with van der Waals surface area (Å²) in [4.78, 5) is 12.4. The average molecular weight is 387 g/mol. The molecule has 1 aliphatic rings. The van der Waals surface area contributed by atoms with Gasteiger partial charge in [-0.25, -0.2) is 15.0 Å². The molecule has 1 saturated heterocycles. The number of aromatic nitrogens is 4. The van der Waals surface area contributed by atoms with Crippen molar-refractivity contribution >= 4 is 17.0 Å². The largest absolute Gasteiger partial charge is 0.508 e. The van der Waals surface area contributed by atoms with E-state index in [1.54, 1.807) is 19.1 Å². The SMILES string of the molecule is CC(c1ccc(O)cc1)[C@@]1(n2cnc3c(N)ncnc32)O[C@H](CO)[C@@H](O)[C@H]1O. The number of nitrogen functional groups attached to an aromatic ring is 1. The van der Waals surface area contributed by atoms with E-state index < -0.39 is 36.6 Å². The van der Waals surface area contributed by atoms with Crippen LogP contribution in [-0.2, 0) is 10.5 Å². The zero-order chi connectivity index (χ0) is 20.1. The van der Waals surface area contributed by atoms with Gasteiger partial charge in [-0.2, -0.15) is 0 Å². The highest BCUT2D eigenvalue weighted by Crippen LogP contribution is 2.47. The molecule has 0 amide bonds. The maximum absolute atomic E-state index is 11.0. The van der Waals surface area contributed by atoms with Crippen molar-refractivity contribution in [3.05, 3.63) is 42.5 Å². The number of aliphatic hydroxyl groups is 3. The number of nitrogens with zero attached hydrogens (tertiary/aromatic N) is 4. The second-order valence-corrected chi connectivity index (χ2v) is 6.89. The van der Waals surface area contributed by atoms with Crippen molar-refractivity contribution in [3.63, 3.8) is 0 Å². The summed E-state index contributed by atoms with van der Waals surface area (Å²) in [5.41, 5.74) is 5.74. The summed E-state index contributed by atoms with van der Waals surface area (Å²) in [7, 11) is 0. The van der Waals surface area contributed by atoms with Gasteiger partial charge in [-0.1, -0.05) is 19.1 Å². The summed E-state index contributed by atoms with van der Waals surface area (Å²) in [6.07, 6.45) is -1.05. The van der Waals surface area contributed by atoms with Crippen LogP contribution in [0.15, 0.2) is 36.9 Å². The average Bonchev–Trinajstić information content (AvgIpc) is 3.24. The van der Waals surface area contributed by atoms with Crippen LogP contribution >= 0.6 is 0 Å². The standard InChI is InChI=1S/C18H21N5O5/c1-9(10-2-4-11(25)5-3-10)18(15(27)14(26)12(6-24)28-18)23-8-22-13-16(19)20-7-21-17(13)23/h2-5,7-9,12,14-15,24-27H,6H2,1H3,(H2,19,20,21)/t9?,12-,14-,15-,18-/m1/s1. The molecule has 5 atom stereocenters. The van der Waals surface area contributed by atoms with Gasteiger partial charge in [0.05, 0.1) is 12.9 Å². The molecule has 3 heterocycles. The van der Waals surface area contributed by atoms with Crippen molar-refractivity contribution in [1.82, 2.24) is 19.5 Å². The van der Waals surface area contributed by atoms with Crippen molar-refractivity contribution < 1.29 is 25.2 Å². The first-order chi connectivity index (χ1) is 13.4. The molecule has 0 radical (unpaired) electrons. The zero-order valence-corrected chi connectivity index (χ0v) is 15.0. The predicted octanol–water partition coefficient (Wildman–Crippen LogP) is -0.317. The summed E-state index contributed by atoms with van der Waals surface area (Å²) >= 11 is 0. The number of nitrogens with two attached hydrogens (primary N) is 1. The number of phenolic OH excluding ortho intramolecular Hbond substituents is 1. The molecule has 6 N–H and O–H groups in total. The third-order valence-electron chi connectivity index (χ3n) is 5.40. The monoisotopic (exact) mass is 387 g/mol. The Morgan fingerprint density at radius 3 is 2.57 bits per heavy atom. The van der Waals surface area contributed by atoms with Crippen LogP contribution in [0.3, 0.4) is 0 Å². The Kier molecular flexibility index (Phi) is 4.42. The van der Waals surface area contributed by atoms with Crippen molar-refractivity contribution in [2.75, 3.05) is 12.3 Å². The number of aromatic hydroxyl groups is 1. The number of hydrogen-bond acceptors (Lipinski definition) is 9. The molecular formula is C18H21N5O5. The summed E-state index contributed by atoms with van der Waals surface area (Å²) in [6, 6.07) is 6.43. The molecule has 28 heavy (non-hydrogen) atoms. The lowest BCUT2D eigenvalue weighted by molar-refractivity contribution is -0.159. The third kappa shape index (κ3) is 2.53. The van der Waals surface area contributed by atoms with Crippen molar-refractivity contribution in [2.24, 2.45) is 0 Å². The first kappa shape index (κ1) is 18.6. The number of ether oxygens (including phenoxy) is 1. The van der Waals surface area contributed by atoms with Gasteiger partial charge in [0.2, 0.25) is 0 Å². The molecule has 0 aliphatic carbocycles. The Morgan fingerprint density at radius 2 is 1.93 bits per heavy atom. The van der Waals surface area contributed by atoms with Gasteiger partial charge in [0.1, 0.15) is 35.9 Å². The molecule has 2 aromatic heterocycles. The Hall–Kier alpha value is -2.79. The summed E-state index contributed by atoms with van der Waals surface area (Å²) in [6.45, 7) is 1.32. The fourth-order valence-electron chi connectivity index (χ4n) is 3.85. The second-order valence-electron chi connectivity index (χ2n) is 6.89. The highest BCUT2D eigenvalue weighted by atomic mass is 16.6. The fraction of sp³-hybridized carbons (Fsp3) is 0.389. The van der Waals surface area contributed by atoms with Gasteiger partial charge in [0.15, 0.2) is 17.2 Å². The Bertz CT molecular complexity index is 994. The number of hydrogen-bond donors (Lipinski definition) is 5. The molecule has 0 spiro atoms. The number of aliphatic hydroxyl groups excluding tert-OH is 3. The molecule has 1 unspecified atom stereocenters. The van der Waals surface area contributed by atoms with Gasteiger partial charge < -0.3 is 30.9 Å². The van der Waals surface area contributed by atoms with Gasteiger partial charge in [0.25, 0.3) is 0 Å². The lowest BCUT2D eigenvalue weighted by Gasteiger charge is -2.39. The molecule has 148 valence electrons. The highest BCUT2D eigenvalue weighted by Gasteiger charge is 2.59. The van der Waals surface area contributed by atoms with Crippen LogP contribution in [0, 0.1) is 0 Å². The maximum Gasteiger partial charge on any atom is 0.183 e. The van der Waals surface area contributed by atoms with E-state index in [1.165, 1.54) is 29.4 Å². The first-order valence-electron chi connectivity index (χ1n) is 8.78. The molecule has 3 aromatic rings. The van der Waals surface area contributed by atoms with Gasteiger partial charge in [-0.05, 0) is 17.7 Å². The minimum Gasteiger partial charge on any atom is -0.508 e. The number of rotatable bonds is 4. The third-order valence-corrected chi connectivity index (χ3v) is 5.40. The Labute approximate surface area is 159 Å². The van der Waals surface area contributed by atoms with Crippen LogP contribution in [-0.4, -0.2) is 64.9 Å². The van der Waals surface area contributed by atoms with Crippen LogP contribution < -0.4 is 5.73 Å². The van der Waals surface area contributed by atoms with Crippen LogP contribution in [0.4, 0.5) is 5.82 Å². The quantitative estimate of drug-likeness (QED) is 0.404. The second kappa shape index (κ2) is 6.67. The smallest absolute Gasteiger partial charge is 0.183 e. The van der Waals surface area contributed by atoms with Crippen LogP contribution in [0.25, 0.3) is 11.2 Å². The highest BCUT2D eigenvalue weighted by molar-refractivity contribution is 5.81. The van der Waals surface area contributed by atoms with E-state index in [2.05, 4.69) is 15.0 Å². The fourth-order valence-corrected chi connectivity index (χ4v) is 3.85. The van der Waals surface area contributed by atoms with Crippen molar-refractivity contribution in [1.29, 1.82) is 0 Å². The molecule has 0 bridgehead atoms. The molecule has 4 rings (SSSR count). The molecule has 10 heteroatoms. The normalized spacial score (nSPS) is 28.6. The van der Waals surface area contributed by atoms with Crippen molar-refractivity contribution in [2.45, 2.75) is 36.9 Å². The van der Waals surface area contributed by atoms with Gasteiger partial charge >= 0.3 is 0 Å². The number of benzene rings is 1. The first-order valence-corrected chi connectivity index (χ1v) is 8.78. The van der Waals surface area contributed by atoms with Crippen LogP contribution in [0.2, 0.25) is 0 Å². The van der Waals surface area contributed by atoms with Crippen LogP contribution in [0.1, 0.15) is 18.4 Å². The molecular weight excluding hydrogens is 366 g/mol. The number of imidazole rings is 1. The number of phenols is 1. The van der Waals surface area contributed by atoms with E-state index in [-0.39, 0.29) is 11.6 Å². The lowest BCUT2D eigenvalue weighted by atomic mass is 9.85. The van der Waals surface area contributed by atoms with Gasteiger partial charge in [-0.3, -0.25) is 4.57 Å². The van der Waals surface area contributed by atoms with E-state index in [0.29, 0.717) is 11.2 Å². The topological polar surface area (TPSA) is 160 Å². The van der Waals surface area contributed by atoms with E-state index in [4.69, 9.17) is 10.5 Å². The van der Waals surface area contributed by atoms with Gasteiger partial charge in [0, 0.05) is 5.92 Å². The number of anilines is 1. The molecule has 1 fully saturated rings. The molecule has 0 saturated carbocycles. The lowest BCUT2D eigenvalue weighted by Crippen LogP contribution is -2.49. The predicted molar refractivity (Wildman–Crippen MR) is 98.2 cm³/mol. The molecule has 1 aliphatic heterocycles. The zero-order valence-electron chi connectivity index (χ0n) is 15.0. The van der Waals surface area contributed by atoms with E-state index >= 15 is 0 Å². The summed E-state index contributed by atoms with van der Waals surface area (Å²) < 4.78 is 7.59. The van der Waals surface area contributed by atoms with Gasteiger partial charge in [-0.15, -0.1) is 0 Å². The Balaban J connectivity index is 1.94. The van der Waals surface area contributed by atoms with E-state index in [0.717, 1.165) is 5.56 Å². The van der Waals surface area contributed by atoms with E-state index in [9.17, 15) is 20.4 Å². The minimum atomic E-state index is -1.53. The van der Waals surface area contributed by atoms with Crippen molar-refractivity contribution in [3.8, 4) is 5.75 Å². The summed E-state index contributed by atoms with van der Waals surface area (Å²) in [5, 5.41) is 40.8. The minimum absolute atomic E-state index is 0.0970. The Morgan fingerprint density at radius 1 is 1.21 bits per heavy atom. The summed E-state index contributed by atoms with van der Waals surface area (Å²) in [5.74, 6) is -0.259. The van der Waals surface area contributed by atoms with E-state index in [1.807, 2.05) is 0 Å². The maximum atomic E-state index is 11.0. The molecule has 1 aromatic carbocycles. The van der Waals surface area contributed by atoms with Crippen LogP contribution in [0.5, 0.6) is 5.75 Å².